The molecular weight excluding hydrogens is 219 g/mol. The summed E-state index contributed by atoms with van der Waals surface area (Å²) in [6, 6.07) is 6.74. The van der Waals surface area contributed by atoms with Crippen molar-refractivity contribution in [2.75, 3.05) is 0 Å². The Kier molecular flexibility index (Phi) is 3.50. The van der Waals surface area contributed by atoms with Crippen molar-refractivity contribution in [2.45, 2.75) is 51.6 Å². The topological polar surface area (TPSA) is 18.5 Å². The molecule has 2 rings (SSSR count). The third kappa shape index (κ3) is 2.22. The van der Waals surface area contributed by atoms with Crippen molar-refractivity contribution in [2.24, 2.45) is 0 Å². The van der Waals surface area contributed by atoms with Gasteiger partial charge in [-0.2, -0.15) is 0 Å². The van der Waals surface area contributed by atoms with Gasteiger partial charge in [0, 0.05) is 5.56 Å². The predicted molar refractivity (Wildman–Crippen MR) is 64.1 cm³/mol. The largest absolute Gasteiger partial charge is 0.344 e. The fourth-order valence-electron chi connectivity index (χ4n) is 2.36. The van der Waals surface area contributed by atoms with Crippen LogP contribution in [0.3, 0.4) is 0 Å². The summed E-state index contributed by atoms with van der Waals surface area (Å²) in [5, 5.41) is 0. The Balaban J connectivity index is 2.27. The molecule has 17 heavy (non-hydrogen) atoms. The van der Waals surface area contributed by atoms with Gasteiger partial charge in [0.05, 0.1) is 6.10 Å². The van der Waals surface area contributed by atoms with E-state index in [1.165, 1.54) is 6.07 Å². The predicted octanol–water partition coefficient (Wildman–Crippen LogP) is 3.82. The maximum absolute atomic E-state index is 13.7. The van der Waals surface area contributed by atoms with E-state index in [0.29, 0.717) is 5.56 Å². The molecule has 1 fully saturated rings. The molecule has 1 aliphatic heterocycles. The van der Waals surface area contributed by atoms with Crippen molar-refractivity contribution >= 4 is 0 Å². The van der Waals surface area contributed by atoms with Crippen LogP contribution in [-0.4, -0.2) is 11.9 Å². The Bertz CT molecular complexity index is 388. The standard InChI is InChI=1S/C14H19FO2/c1-4-14(5-2)16-10(3)13(17-14)11-8-6-7-9-12(11)15/h6-10,13H,4-5H2,1-3H3/t10-,13-/m0/s1. The summed E-state index contributed by atoms with van der Waals surface area (Å²) in [4.78, 5) is 0. The van der Waals surface area contributed by atoms with Gasteiger partial charge in [0.1, 0.15) is 11.9 Å². The first-order valence-corrected chi connectivity index (χ1v) is 6.22. The average molecular weight is 238 g/mol. The highest BCUT2D eigenvalue weighted by atomic mass is 19.1. The summed E-state index contributed by atoms with van der Waals surface area (Å²) < 4.78 is 25.6. The molecule has 2 nitrogen and oxygen atoms in total. The maximum Gasteiger partial charge on any atom is 0.169 e. The Morgan fingerprint density at radius 3 is 2.35 bits per heavy atom. The van der Waals surface area contributed by atoms with Crippen LogP contribution in [0.4, 0.5) is 4.39 Å². The normalized spacial score (nSPS) is 27.3. The van der Waals surface area contributed by atoms with Crippen LogP contribution in [0, 0.1) is 5.82 Å². The second-order valence-electron chi connectivity index (χ2n) is 4.50. The van der Waals surface area contributed by atoms with Gasteiger partial charge in [0.15, 0.2) is 5.79 Å². The average Bonchev–Trinajstić information content (AvgIpc) is 2.68. The second-order valence-corrected chi connectivity index (χ2v) is 4.50. The number of hydrogen-bond acceptors (Lipinski definition) is 2. The molecule has 0 N–H and O–H groups in total. The van der Waals surface area contributed by atoms with Gasteiger partial charge < -0.3 is 9.47 Å². The summed E-state index contributed by atoms with van der Waals surface area (Å²) in [6.07, 6.45) is 1.13. The minimum absolute atomic E-state index is 0.119. The van der Waals surface area contributed by atoms with Gasteiger partial charge in [-0.3, -0.25) is 0 Å². The molecule has 1 aliphatic rings. The van der Waals surface area contributed by atoms with Crippen molar-refractivity contribution in [3.8, 4) is 0 Å². The molecule has 0 bridgehead atoms. The SMILES string of the molecule is CCC1(CC)O[C@@H](C)[C@@H](c2ccccc2F)O1. The molecule has 0 spiro atoms. The highest BCUT2D eigenvalue weighted by molar-refractivity contribution is 5.21. The molecule has 0 saturated carbocycles. The van der Waals surface area contributed by atoms with E-state index < -0.39 is 5.79 Å². The van der Waals surface area contributed by atoms with Gasteiger partial charge in [0.25, 0.3) is 0 Å². The lowest BCUT2D eigenvalue weighted by atomic mass is 10.1. The third-order valence-corrected chi connectivity index (χ3v) is 3.46. The van der Waals surface area contributed by atoms with Crippen LogP contribution in [0.25, 0.3) is 0 Å². The van der Waals surface area contributed by atoms with Crippen molar-refractivity contribution in [3.05, 3.63) is 35.6 Å². The first kappa shape index (κ1) is 12.5. The Morgan fingerprint density at radius 1 is 1.18 bits per heavy atom. The van der Waals surface area contributed by atoms with Crippen LogP contribution in [0.5, 0.6) is 0 Å². The van der Waals surface area contributed by atoms with Crippen molar-refractivity contribution in [1.29, 1.82) is 0 Å². The Hall–Kier alpha value is -0.930. The van der Waals surface area contributed by atoms with Crippen LogP contribution >= 0.6 is 0 Å². The highest BCUT2D eigenvalue weighted by Crippen LogP contribution is 2.42. The molecule has 1 heterocycles. The lowest BCUT2D eigenvalue weighted by molar-refractivity contribution is -0.178. The van der Waals surface area contributed by atoms with Gasteiger partial charge >= 0.3 is 0 Å². The van der Waals surface area contributed by atoms with Crippen molar-refractivity contribution < 1.29 is 13.9 Å². The summed E-state index contributed by atoms with van der Waals surface area (Å²) in [7, 11) is 0. The first-order valence-electron chi connectivity index (χ1n) is 6.22. The van der Waals surface area contributed by atoms with E-state index in [9.17, 15) is 4.39 Å². The molecule has 0 aromatic heterocycles. The zero-order valence-electron chi connectivity index (χ0n) is 10.6. The number of halogens is 1. The molecule has 1 saturated heterocycles. The second kappa shape index (κ2) is 4.75. The van der Waals surface area contributed by atoms with E-state index in [1.54, 1.807) is 12.1 Å². The number of hydrogen-bond donors (Lipinski definition) is 0. The summed E-state index contributed by atoms with van der Waals surface area (Å²) >= 11 is 0. The van der Waals surface area contributed by atoms with Crippen LogP contribution < -0.4 is 0 Å². The molecule has 3 heteroatoms. The number of ether oxygens (including phenoxy) is 2. The van der Waals surface area contributed by atoms with Gasteiger partial charge in [-0.15, -0.1) is 0 Å². The third-order valence-electron chi connectivity index (χ3n) is 3.46. The molecular formula is C14H19FO2. The zero-order valence-corrected chi connectivity index (χ0v) is 10.6. The van der Waals surface area contributed by atoms with Crippen LogP contribution in [0.15, 0.2) is 24.3 Å². The molecule has 1 aromatic rings. The Morgan fingerprint density at radius 2 is 1.82 bits per heavy atom. The molecule has 0 radical (unpaired) electrons. The lowest BCUT2D eigenvalue weighted by Gasteiger charge is -2.25. The van der Waals surface area contributed by atoms with Crippen LogP contribution in [-0.2, 0) is 9.47 Å². The highest BCUT2D eigenvalue weighted by Gasteiger charge is 2.44. The molecule has 94 valence electrons. The first-order chi connectivity index (χ1) is 8.12. The minimum atomic E-state index is -0.549. The number of rotatable bonds is 3. The summed E-state index contributed by atoms with van der Waals surface area (Å²) in [5.74, 6) is -0.775. The van der Waals surface area contributed by atoms with Crippen LogP contribution in [0.2, 0.25) is 0 Å². The molecule has 1 aromatic carbocycles. The Labute approximate surface area is 102 Å². The maximum atomic E-state index is 13.7. The van der Waals surface area contributed by atoms with Gasteiger partial charge in [-0.25, -0.2) is 4.39 Å². The summed E-state index contributed by atoms with van der Waals surface area (Å²) in [5.41, 5.74) is 0.587. The van der Waals surface area contributed by atoms with Crippen molar-refractivity contribution in [1.82, 2.24) is 0 Å². The molecule has 0 unspecified atom stereocenters. The molecule has 0 aliphatic carbocycles. The van der Waals surface area contributed by atoms with E-state index in [4.69, 9.17) is 9.47 Å². The van der Waals surface area contributed by atoms with E-state index in [2.05, 4.69) is 0 Å². The minimum Gasteiger partial charge on any atom is -0.344 e. The molecule has 0 amide bonds. The smallest absolute Gasteiger partial charge is 0.169 e. The number of benzene rings is 1. The van der Waals surface area contributed by atoms with Gasteiger partial charge in [-0.1, -0.05) is 32.0 Å². The van der Waals surface area contributed by atoms with Crippen LogP contribution in [0.1, 0.15) is 45.3 Å². The van der Waals surface area contributed by atoms with E-state index >= 15 is 0 Å². The fourth-order valence-corrected chi connectivity index (χ4v) is 2.36. The van der Waals surface area contributed by atoms with Crippen molar-refractivity contribution in [3.63, 3.8) is 0 Å². The summed E-state index contributed by atoms with van der Waals surface area (Å²) in [6.45, 7) is 5.99. The van der Waals surface area contributed by atoms with E-state index in [-0.39, 0.29) is 18.0 Å². The zero-order chi connectivity index (χ0) is 12.5. The van der Waals surface area contributed by atoms with E-state index in [1.807, 2.05) is 26.8 Å². The fraction of sp³-hybridized carbons (Fsp3) is 0.571. The lowest BCUT2D eigenvalue weighted by Crippen LogP contribution is -2.28. The van der Waals surface area contributed by atoms with Gasteiger partial charge in [-0.05, 0) is 25.8 Å². The monoisotopic (exact) mass is 238 g/mol. The van der Waals surface area contributed by atoms with Gasteiger partial charge in [0.2, 0.25) is 0 Å². The van der Waals surface area contributed by atoms with E-state index in [0.717, 1.165) is 12.8 Å². The quantitative estimate of drug-likeness (QED) is 0.797. The molecule has 2 atom stereocenters.